The highest BCUT2D eigenvalue weighted by atomic mass is 35.5. The molecule has 2 aromatic heterocycles. The van der Waals surface area contributed by atoms with Crippen molar-refractivity contribution in [3.8, 4) is 6.01 Å². The van der Waals surface area contributed by atoms with Gasteiger partial charge in [0.25, 0.3) is 0 Å². The van der Waals surface area contributed by atoms with E-state index in [0.717, 1.165) is 32.0 Å². The normalized spacial score (nSPS) is 19.4. The van der Waals surface area contributed by atoms with Crippen LogP contribution in [0.25, 0.3) is 5.57 Å². The Hall–Kier alpha value is -3.18. The minimum atomic E-state index is -4.49. The second-order valence-electron chi connectivity index (χ2n) is 9.27. The fourth-order valence-electron chi connectivity index (χ4n) is 4.66. The van der Waals surface area contributed by atoms with E-state index in [0.29, 0.717) is 43.3 Å². The zero-order valence-corrected chi connectivity index (χ0v) is 21.3. The molecule has 0 unspecified atom stereocenters. The third-order valence-electron chi connectivity index (χ3n) is 6.68. The van der Waals surface area contributed by atoms with Crippen LogP contribution in [0.2, 0.25) is 0 Å². The van der Waals surface area contributed by atoms with Gasteiger partial charge < -0.3 is 19.9 Å². The average molecular weight is 551 g/mol. The first kappa shape index (κ1) is 26.4. The zero-order valence-electron chi connectivity index (χ0n) is 20.5. The summed E-state index contributed by atoms with van der Waals surface area (Å²) in [5.41, 5.74) is 0.387. The number of hydrogen-bond acceptors (Lipinski definition) is 7. The van der Waals surface area contributed by atoms with E-state index in [-0.39, 0.29) is 29.4 Å². The fraction of sp³-hybridized carbons (Fsp3) is 0.423. The first-order valence-corrected chi connectivity index (χ1v) is 12.9. The molecule has 2 aliphatic heterocycles. The molecule has 4 heterocycles. The first-order valence-electron chi connectivity index (χ1n) is 12.5. The van der Waals surface area contributed by atoms with Gasteiger partial charge in [0, 0.05) is 50.4 Å². The summed E-state index contributed by atoms with van der Waals surface area (Å²) >= 11 is 6.12. The molecule has 0 spiro atoms. The third kappa shape index (κ3) is 6.10. The van der Waals surface area contributed by atoms with E-state index in [4.69, 9.17) is 16.3 Å². The molecule has 2 saturated heterocycles. The summed E-state index contributed by atoms with van der Waals surface area (Å²) in [6.45, 7) is 3.15. The van der Waals surface area contributed by atoms with Crippen LogP contribution in [0.3, 0.4) is 0 Å². The second-order valence-corrected chi connectivity index (χ2v) is 9.67. The van der Waals surface area contributed by atoms with Crippen molar-refractivity contribution in [3.05, 3.63) is 64.7 Å². The number of hydrogen-bond donors (Lipinski definition) is 1. The van der Waals surface area contributed by atoms with Crippen molar-refractivity contribution in [1.82, 2.24) is 20.3 Å². The van der Waals surface area contributed by atoms with E-state index in [9.17, 15) is 17.6 Å². The molecule has 0 atom stereocenters. The standard InChI is InChI=1S/C26H27ClF4N6O/c27-20-15-17(3-1-5-21(20)28)22-16-23(35-25(34-22)38-18-6-9-32-10-7-18)36-11-13-37(14-12-36)24-19(26(29,30)31)4-2-8-33-24/h1-4,8,15-16,18,32H,5-7,9-14H2. The van der Waals surface area contributed by atoms with Crippen LogP contribution in [0.1, 0.15) is 30.5 Å². The third-order valence-corrected chi connectivity index (χ3v) is 6.99. The molecule has 0 amide bonds. The molecule has 5 rings (SSSR count). The van der Waals surface area contributed by atoms with Crippen LogP contribution in [0.4, 0.5) is 29.2 Å². The Labute approximate surface area is 222 Å². The van der Waals surface area contributed by atoms with Gasteiger partial charge in [-0.1, -0.05) is 23.8 Å². The number of alkyl halides is 3. The second kappa shape index (κ2) is 11.3. The van der Waals surface area contributed by atoms with Gasteiger partial charge in [-0.15, -0.1) is 0 Å². The van der Waals surface area contributed by atoms with Crippen LogP contribution >= 0.6 is 11.6 Å². The Bertz CT molecular complexity index is 1250. The maximum atomic E-state index is 14.1. The van der Waals surface area contributed by atoms with E-state index in [1.807, 2.05) is 4.90 Å². The number of ether oxygens (including phenoxy) is 1. The minimum absolute atomic E-state index is 0.00966. The Balaban J connectivity index is 1.41. The van der Waals surface area contributed by atoms with Gasteiger partial charge in [0.2, 0.25) is 0 Å². The van der Waals surface area contributed by atoms with Crippen LogP contribution in [0.15, 0.2) is 53.5 Å². The topological polar surface area (TPSA) is 66.4 Å². The van der Waals surface area contributed by atoms with Crippen molar-refractivity contribution in [2.45, 2.75) is 31.5 Å². The predicted molar refractivity (Wildman–Crippen MR) is 138 cm³/mol. The largest absolute Gasteiger partial charge is 0.460 e. The molecule has 7 nitrogen and oxygen atoms in total. The quantitative estimate of drug-likeness (QED) is 0.519. The fourth-order valence-corrected chi connectivity index (χ4v) is 4.86. The Kier molecular flexibility index (Phi) is 7.85. The lowest BCUT2D eigenvalue weighted by molar-refractivity contribution is -0.137. The van der Waals surface area contributed by atoms with Crippen LogP contribution < -0.4 is 19.9 Å². The van der Waals surface area contributed by atoms with Crippen molar-refractivity contribution >= 4 is 28.8 Å². The highest BCUT2D eigenvalue weighted by Gasteiger charge is 2.36. The van der Waals surface area contributed by atoms with E-state index in [2.05, 4.69) is 20.3 Å². The number of piperazine rings is 1. The molecule has 2 aromatic rings. The van der Waals surface area contributed by atoms with Gasteiger partial charge >= 0.3 is 12.2 Å². The molecule has 3 aliphatic rings. The van der Waals surface area contributed by atoms with Gasteiger partial charge in [-0.05, 0) is 44.1 Å². The molecule has 2 fully saturated rings. The van der Waals surface area contributed by atoms with Gasteiger partial charge in [-0.25, -0.2) is 9.37 Å². The van der Waals surface area contributed by atoms with Crippen molar-refractivity contribution in [2.75, 3.05) is 49.1 Å². The maximum absolute atomic E-state index is 14.1. The lowest BCUT2D eigenvalue weighted by atomic mass is 10.1. The monoisotopic (exact) mass is 550 g/mol. The number of anilines is 2. The summed E-state index contributed by atoms with van der Waals surface area (Å²) in [4.78, 5) is 16.9. The predicted octanol–water partition coefficient (Wildman–Crippen LogP) is 5.11. The number of halogens is 5. The summed E-state index contributed by atoms with van der Waals surface area (Å²) in [7, 11) is 0. The van der Waals surface area contributed by atoms with Crippen LogP contribution in [-0.2, 0) is 6.18 Å². The average Bonchev–Trinajstić information content (AvgIpc) is 3.09. The highest BCUT2D eigenvalue weighted by Crippen LogP contribution is 2.36. The lowest BCUT2D eigenvalue weighted by Gasteiger charge is -2.37. The molecule has 1 N–H and O–H groups in total. The summed E-state index contributed by atoms with van der Waals surface area (Å²) in [5, 5.41) is 3.30. The number of rotatable bonds is 5. The Morgan fingerprint density at radius 1 is 1.05 bits per heavy atom. The van der Waals surface area contributed by atoms with Gasteiger partial charge in [0.1, 0.15) is 23.6 Å². The van der Waals surface area contributed by atoms with E-state index in [1.54, 1.807) is 23.1 Å². The first-order chi connectivity index (χ1) is 18.3. The van der Waals surface area contributed by atoms with Crippen molar-refractivity contribution in [1.29, 1.82) is 0 Å². The van der Waals surface area contributed by atoms with E-state index in [1.165, 1.54) is 18.3 Å². The van der Waals surface area contributed by atoms with Crippen LogP contribution in [0.5, 0.6) is 6.01 Å². The highest BCUT2D eigenvalue weighted by molar-refractivity contribution is 6.32. The smallest absolute Gasteiger partial charge is 0.419 e. The molecular formula is C26H27ClF4N6O. The molecule has 202 valence electrons. The van der Waals surface area contributed by atoms with E-state index >= 15 is 0 Å². The van der Waals surface area contributed by atoms with Crippen LogP contribution in [-0.4, -0.2) is 60.3 Å². The van der Waals surface area contributed by atoms with Gasteiger partial charge in [-0.3, -0.25) is 0 Å². The van der Waals surface area contributed by atoms with Gasteiger partial charge in [0.05, 0.1) is 16.3 Å². The van der Waals surface area contributed by atoms with Crippen molar-refractivity contribution in [3.63, 3.8) is 0 Å². The number of nitrogens with one attached hydrogen (secondary N) is 1. The number of pyridine rings is 1. The molecule has 38 heavy (non-hydrogen) atoms. The molecule has 12 heteroatoms. The molecule has 0 radical (unpaired) electrons. The number of allylic oxidation sites excluding steroid dienone is 6. The number of nitrogens with zero attached hydrogens (tertiary/aromatic N) is 5. The van der Waals surface area contributed by atoms with Crippen LogP contribution in [0, 0.1) is 0 Å². The Morgan fingerprint density at radius 3 is 2.53 bits per heavy atom. The summed E-state index contributed by atoms with van der Waals surface area (Å²) in [6.07, 6.45) is 3.52. The molecular weight excluding hydrogens is 524 g/mol. The zero-order chi connectivity index (χ0) is 26.7. The van der Waals surface area contributed by atoms with Gasteiger partial charge in [0.15, 0.2) is 0 Å². The van der Waals surface area contributed by atoms with Gasteiger partial charge in [-0.2, -0.15) is 23.1 Å². The summed E-state index contributed by atoms with van der Waals surface area (Å²) in [5.74, 6) is 0.0761. The number of piperidine rings is 1. The summed E-state index contributed by atoms with van der Waals surface area (Å²) in [6, 6.07) is 4.32. The lowest BCUT2D eigenvalue weighted by Crippen LogP contribution is -2.47. The molecule has 1 aliphatic carbocycles. The maximum Gasteiger partial charge on any atom is 0.419 e. The van der Waals surface area contributed by atoms with Crippen molar-refractivity contribution < 1.29 is 22.3 Å². The molecule has 0 saturated carbocycles. The molecule has 0 aromatic carbocycles. The van der Waals surface area contributed by atoms with E-state index < -0.39 is 17.6 Å². The summed E-state index contributed by atoms with van der Waals surface area (Å²) < 4.78 is 60.8. The molecule has 0 bridgehead atoms. The Morgan fingerprint density at radius 2 is 1.79 bits per heavy atom. The SMILES string of the molecule is FC1=C(Cl)C=C(c2cc(N3CCN(c4ncccc4C(F)(F)F)CC3)nc(OC3CCNCC3)n2)C=CC1. The van der Waals surface area contributed by atoms with Crippen molar-refractivity contribution in [2.24, 2.45) is 0 Å². The minimum Gasteiger partial charge on any atom is -0.460 e. The number of aromatic nitrogens is 3.